The number of ether oxygens (including phenoxy) is 5. The molecular weight excluding hydrogens is 504 g/mol. The first-order valence-corrected chi connectivity index (χ1v) is 12.2. The molecule has 0 radical (unpaired) electrons. The Morgan fingerprint density at radius 3 is 2.45 bits per heavy atom. The van der Waals surface area contributed by atoms with Gasteiger partial charge in [0, 0.05) is 17.9 Å². The number of hydrogen-bond acceptors (Lipinski definition) is 11. The van der Waals surface area contributed by atoms with E-state index in [0.29, 0.717) is 11.3 Å². The number of aliphatic hydroxyl groups excluding tert-OH is 4. The zero-order chi connectivity index (χ0) is 27.6. The lowest BCUT2D eigenvalue weighted by Gasteiger charge is -2.44. The third-order valence-corrected chi connectivity index (χ3v) is 7.34. The second-order valence-electron chi connectivity index (χ2n) is 9.58. The summed E-state index contributed by atoms with van der Waals surface area (Å²) >= 11 is 0. The van der Waals surface area contributed by atoms with Crippen molar-refractivity contribution in [3.8, 4) is 5.75 Å². The average Bonchev–Trinajstić information content (AvgIpc) is 3.21. The van der Waals surface area contributed by atoms with Crippen LogP contribution >= 0.6 is 0 Å². The first kappa shape index (κ1) is 28.0. The fourth-order valence-corrected chi connectivity index (χ4v) is 5.15. The number of hydrogen-bond donors (Lipinski definition) is 5. The van der Waals surface area contributed by atoms with Crippen molar-refractivity contribution in [1.82, 2.24) is 0 Å². The van der Waals surface area contributed by atoms with E-state index < -0.39 is 79.4 Å². The molecule has 4 rings (SSSR count). The smallest absolute Gasteiger partial charge is 0.334 e. The summed E-state index contributed by atoms with van der Waals surface area (Å²) in [6.07, 6.45) is -5.61. The molecule has 1 aromatic rings. The predicted octanol–water partition coefficient (Wildman–Crippen LogP) is 0.0337. The van der Waals surface area contributed by atoms with Crippen molar-refractivity contribution in [2.45, 2.75) is 56.4 Å². The molecule has 0 bridgehead atoms. The summed E-state index contributed by atoms with van der Waals surface area (Å²) in [5, 5.41) is 50.7. The van der Waals surface area contributed by atoms with E-state index in [1.165, 1.54) is 13.2 Å². The first-order valence-electron chi connectivity index (χ1n) is 12.2. The van der Waals surface area contributed by atoms with Crippen LogP contribution < -0.4 is 4.74 Å². The first-order chi connectivity index (χ1) is 18.1. The molecule has 2 heterocycles. The molecule has 1 aliphatic carbocycles. The van der Waals surface area contributed by atoms with Gasteiger partial charge in [-0.1, -0.05) is 19.1 Å². The van der Waals surface area contributed by atoms with Crippen LogP contribution in [0.4, 0.5) is 0 Å². The highest BCUT2D eigenvalue weighted by atomic mass is 16.8. The molecule has 1 saturated carbocycles. The minimum absolute atomic E-state index is 0.00171. The Morgan fingerprint density at radius 1 is 1.11 bits per heavy atom. The van der Waals surface area contributed by atoms with Crippen molar-refractivity contribution in [3.63, 3.8) is 0 Å². The molecule has 2 fully saturated rings. The molecular formula is C26H32O12. The molecule has 0 spiro atoms. The Labute approximate surface area is 218 Å². The lowest BCUT2D eigenvalue weighted by atomic mass is 9.83. The number of rotatable bonds is 8. The van der Waals surface area contributed by atoms with Gasteiger partial charge >= 0.3 is 11.9 Å². The van der Waals surface area contributed by atoms with Gasteiger partial charge in [0.25, 0.3) is 0 Å². The molecule has 3 aliphatic rings. The van der Waals surface area contributed by atoms with E-state index in [2.05, 4.69) is 0 Å². The van der Waals surface area contributed by atoms with Crippen LogP contribution in [0.25, 0.3) is 6.08 Å². The van der Waals surface area contributed by atoms with Crippen molar-refractivity contribution in [2.75, 3.05) is 13.7 Å². The number of carboxylic acid groups (broad SMARTS) is 1. The van der Waals surface area contributed by atoms with E-state index >= 15 is 0 Å². The lowest BCUT2D eigenvalue weighted by Crippen LogP contribution is -2.61. The summed E-state index contributed by atoms with van der Waals surface area (Å²) in [5.41, 5.74) is 0.672. The van der Waals surface area contributed by atoms with E-state index in [9.17, 15) is 35.1 Å². The molecule has 1 aromatic carbocycles. The van der Waals surface area contributed by atoms with E-state index in [-0.39, 0.29) is 12.0 Å². The van der Waals surface area contributed by atoms with Crippen molar-refractivity contribution >= 4 is 18.0 Å². The normalized spacial score (nSPS) is 36.7. The summed E-state index contributed by atoms with van der Waals surface area (Å²) in [5.74, 6) is -2.97. The third-order valence-electron chi connectivity index (χ3n) is 7.34. The van der Waals surface area contributed by atoms with Crippen molar-refractivity contribution in [2.24, 2.45) is 17.8 Å². The van der Waals surface area contributed by atoms with Crippen LogP contribution in [0.3, 0.4) is 0 Å². The summed E-state index contributed by atoms with van der Waals surface area (Å²) < 4.78 is 27.6. The molecule has 0 aromatic heterocycles. The number of methoxy groups -OCH3 is 1. The molecule has 2 aliphatic heterocycles. The van der Waals surface area contributed by atoms with Gasteiger partial charge in [0.1, 0.15) is 24.1 Å². The maximum absolute atomic E-state index is 12.6. The average molecular weight is 537 g/mol. The van der Waals surface area contributed by atoms with Crippen LogP contribution in [0.5, 0.6) is 5.75 Å². The van der Waals surface area contributed by atoms with Gasteiger partial charge in [-0.15, -0.1) is 0 Å². The monoisotopic (exact) mass is 536 g/mol. The maximum Gasteiger partial charge on any atom is 0.334 e. The molecule has 10 atom stereocenters. The number of carbonyl (C=O) groups excluding carboxylic acids is 1. The lowest BCUT2D eigenvalue weighted by molar-refractivity contribution is -0.343. The number of benzene rings is 1. The number of carboxylic acids is 1. The van der Waals surface area contributed by atoms with Gasteiger partial charge in [-0.3, -0.25) is 0 Å². The van der Waals surface area contributed by atoms with Gasteiger partial charge in [-0.05, 0) is 36.1 Å². The Balaban J connectivity index is 1.52. The summed E-state index contributed by atoms with van der Waals surface area (Å²) in [6, 6.07) is 6.86. The zero-order valence-corrected chi connectivity index (χ0v) is 20.8. The molecule has 0 unspecified atom stereocenters. The highest BCUT2D eigenvalue weighted by molar-refractivity contribution is 5.87. The topological polar surface area (TPSA) is 181 Å². The summed E-state index contributed by atoms with van der Waals surface area (Å²) in [4.78, 5) is 24.3. The van der Waals surface area contributed by atoms with Crippen LogP contribution in [0.1, 0.15) is 18.9 Å². The maximum atomic E-state index is 12.6. The molecule has 12 heteroatoms. The minimum Gasteiger partial charge on any atom is -0.497 e. The van der Waals surface area contributed by atoms with Crippen LogP contribution in [-0.2, 0) is 28.5 Å². The van der Waals surface area contributed by atoms with Gasteiger partial charge in [0.05, 0.1) is 31.7 Å². The van der Waals surface area contributed by atoms with Crippen molar-refractivity contribution < 1.29 is 58.8 Å². The largest absolute Gasteiger partial charge is 0.497 e. The molecule has 38 heavy (non-hydrogen) atoms. The van der Waals surface area contributed by atoms with Crippen molar-refractivity contribution in [3.05, 3.63) is 47.7 Å². The van der Waals surface area contributed by atoms with Crippen LogP contribution in [0.2, 0.25) is 0 Å². The van der Waals surface area contributed by atoms with Crippen LogP contribution in [0, 0.1) is 17.8 Å². The Hall–Kier alpha value is -3.00. The second kappa shape index (κ2) is 11.8. The molecule has 12 nitrogen and oxygen atoms in total. The SMILES string of the molecule is COc1ccc(C=CC(=O)O[C@H]2[C@@H](O[C@@H]3OC=C(C(=O)O)[C@@H]4C[C@H](O)[C@@H](C)[C@@H]34)O[C@H](CO)[C@@H](O)[C@@H]2O)cc1. The van der Waals surface area contributed by atoms with E-state index in [4.69, 9.17) is 23.7 Å². The van der Waals surface area contributed by atoms with Crippen molar-refractivity contribution in [1.29, 1.82) is 0 Å². The number of fused-ring (bicyclic) bond motifs is 1. The fourth-order valence-electron chi connectivity index (χ4n) is 5.15. The van der Waals surface area contributed by atoms with Gasteiger partial charge in [-0.2, -0.15) is 0 Å². The minimum atomic E-state index is -1.68. The Kier molecular flexibility index (Phi) is 8.71. The number of aliphatic carboxylic acids is 1. The number of aliphatic hydroxyl groups is 4. The predicted molar refractivity (Wildman–Crippen MR) is 128 cm³/mol. The zero-order valence-electron chi connectivity index (χ0n) is 20.8. The van der Waals surface area contributed by atoms with E-state index in [1.54, 1.807) is 31.2 Å². The molecule has 0 amide bonds. The van der Waals surface area contributed by atoms with Crippen LogP contribution in [0.15, 0.2) is 42.2 Å². The van der Waals surface area contributed by atoms with Gasteiger partial charge in [-0.25, -0.2) is 9.59 Å². The molecule has 208 valence electrons. The highest BCUT2D eigenvalue weighted by Gasteiger charge is 2.54. The highest BCUT2D eigenvalue weighted by Crippen LogP contribution is 2.47. The molecule has 1 saturated heterocycles. The van der Waals surface area contributed by atoms with Gasteiger partial charge in [0.15, 0.2) is 6.10 Å². The quantitative estimate of drug-likeness (QED) is 0.222. The summed E-state index contributed by atoms with van der Waals surface area (Å²) in [6.45, 7) is 1.07. The molecule has 5 N–H and O–H groups in total. The summed E-state index contributed by atoms with van der Waals surface area (Å²) in [7, 11) is 1.53. The van der Waals surface area contributed by atoms with Gasteiger partial charge in [0.2, 0.25) is 12.6 Å². The fraction of sp³-hybridized carbons (Fsp3) is 0.538. The number of esters is 1. The standard InChI is InChI=1S/C26H32O12/c1-12-17(28)9-15-16(24(32)33)11-35-25(20(12)15)38-26-23(22(31)21(30)18(10-27)36-26)37-19(29)8-5-13-3-6-14(34-2)7-4-13/h3-8,11-12,15,17-18,20-23,25-28,30-31H,9-10H2,1-2H3,(H,32,33)/t12-,15+,17+,18-,20-,21-,22+,23-,25+,26-/m1/s1. The van der Waals surface area contributed by atoms with Crippen LogP contribution in [-0.4, -0.2) is 94.3 Å². The van der Waals surface area contributed by atoms with Gasteiger partial charge < -0.3 is 49.2 Å². The Morgan fingerprint density at radius 2 is 1.82 bits per heavy atom. The van der Waals surface area contributed by atoms with E-state index in [1.807, 2.05) is 0 Å². The second-order valence-corrected chi connectivity index (χ2v) is 9.58. The third kappa shape index (κ3) is 5.70. The Bertz CT molecular complexity index is 1050. The number of carbonyl (C=O) groups is 2. The van der Waals surface area contributed by atoms with E-state index in [0.717, 1.165) is 12.3 Å².